The zero-order valence-electron chi connectivity index (χ0n) is 12.8. The summed E-state index contributed by atoms with van der Waals surface area (Å²) < 4.78 is 5.65. The molecule has 0 rings (SSSR count). The minimum atomic E-state index is -0.293. The topological polar surface area (TPSA) is 58.6 Å². The van der Waals surface area contributed by atoms with Gasteiger partial charge in [-0.05, 0) is 27.7 Å². The normalized spacial score (nSPS) is 13.9. The summed E-state index contributed by atoms with van der Waals surface area (Å²) in [7, 11) is 3.72. The SMILES string of the molecule is CC(CC(=O)/C(=C\N(C)C)COC(C)(C)C)NC=O. The summed E-state index contributed by atoms with van der Waals surface area (Å²) in [5.74, 6) is -0.0141. The van der Waals surface area contributed by atoms with Crippen molar-refractivity contribution < 1.29 is 14.3 Å². The first-order valence-corrected chi connectivity index (χ1v) is 6.39. The van der Waals surface area contributed by atoms with Crippen LogP contribution < -0.4 is 5.32 Å². The van der Waals surface area contributed by atoms with Crippen LogP contribution in [-0.2, 0) is 14.3 Å². The van der Waals surface area contributed by atoms with Crippen LogP contribution in [0.2, 0.25) is 0 Å². The number of carbonyl (C=O) groups excluding carboxylic acids is 2. The van der Waals surface area contributed by atoms with Crippen LogP contribution in [0, 0.1) is 0 Å². The highest BCUT2D eigenvalue weighted by Crippen LogP contribution is 2.12. The smallest absolute Gasteiger partial charge is 0.207 e. The van der Waals surface area contributed by atoms with Crippen molar-refractivity contribution in [1.29, 1.82) is 0 Å². The molecule has 0 radical (unpaired) electrons. The molecule has 0 aromatic heterocycles. The summed E-state index contributed by atoms with van der Waals surface area (Å²) in [4.78, 5) is 24.3. The van der Waals surface area contributed by atoms with Gasteiger partial charge in [-0.3, -0.25) is 9.59 Å². The van der Waals surface area contributed by atoms with Gasteiger partial charge in [0.15, 0.2) is 5.78 Å². The molecule has 1 amide bonds. The van der Waals surface area contributed by atoms with E-state index >= 15 is 0 Å². The van der Waals surface area contributed by atoms with E-state index in [1.807, 2.05) is 39.8 Å². The summed E-state index contributed by atoms with van der Waals surface area (Å²) >= 11 is 0. The van der Waals surface area contributed by atoms with Crippen LogP contribution in [0.3, 0.4) is 0 Å². The second kappa shape index (κ2) is 7.94. The number of Topliss-reactive ketones (excluding diaryl/α,β-unsaturated/α-hetero) is 1. The van der Waals surface area contributed by atoms with Gasteiger partial charge in [0.2, 0.25) is 6.41 Å². The molecule has 110 valence electrons. The minimum Gasteiger partial charge on any atom is -0.383 e. The van der Waals surface area contributed by atoms with Crippen LogP contribution >= 0.6 is 0 Å². The number of nitrogens with zero attached hydrogens (tertiary/aromatic N) is 1. The highest BCUT2D eigenvalue weighted by atomic mass is 16.5. The number of amides is 1. The average Bonchev–Trinajstić information content (AvgIpc) is 2.22. The predicted molar refractivity (Wildman–Crippen MR) is 75.8 cm³/mol. The van der Waals surface area contributed by atoms with E-state index in [-0.39, 0.29) is 30.5 Å². The molecule has 0 fully saturated rings. The number of rotatable bonds is 8. The molecule has 0 heterocycles. The van der Waals surface area contributed by atoms with Crippen LogP contribution in [0.15, 0.2) is 11.8 Å². The lowest BCUT2D eigenvalue weighted by atomic mass is 10.1. The van der Waals surface area contributed by atoms with Crippen molar-refractivity contribution >= 4 is 12.2 Å². The van der Waals surface area contributed by atoms with Crippen LogP contribution in [0.5, 0.6) is 0 Å². The fraction of sp³-hybridized carbons (Fsp3) is 0.714. The lowest BCUT2D eigenvalue weighted by molar-refractivity contribution is -0.117. The lowest BCUT2D eigenvalue weighted by Gasteiger charge is -2.21. The summed E-state index contributed by atoms with van der Waals surface area (Å²) in [6.07, 6.45) is 2.65. The molecule has 0 aliphatic carbocycles. The van der Waals surface area contributed by atoms with Gasteiger partial charge in [-0.25, -0.2) is 0 Å². The van der Waals surface area contributed by atoms with Crippen molar-refractivity contribution in [1.82, 2.24) is 10.2 Å². The largest absolute Gasteiger partial charge is 0.383 e. The molecule has 0 aromatic rings. The maximum atomic E-state index is 12.1. The summed E-state index contributed by atoms with van der Waals surface area (Å²) in [6.45, 7) is 7.91. The molecule has 0 saturated heterocycles. The molecule has 0 bridgehead atoms. The third-order valence-electron chi connectivity index (χ3n) is 2.28. The van der Waals surface area contributed by atoms with E-state index in [1.54, 1.807) is 13.1 Å². The van der Waals surface area contributed by atoms with E-state index in [1.165, 1.54) is 0 Å². The van der Waals surface area contributed by atoms with Gasteiger partial charge in [-0.2, -0.15) is 0 Å². The van der Waals surface area contributed by atoms with Crippen molar-refractivity contribution in [3.8, 4) is 0 Å². The molecule has 1 atom stereocenters. The molecule has 5 nitrogen and oxygen atoms in total. The van der Waals surface area contributed by atoms with Crippen LogP contribution in [0.25, 0.3) is 0 Å². The fourth-order valence-electron chi connectivity index (χ4n) is 1.38. The van der Waals surface area contributed by atoms with Gasteiger partial charge in [0.1, 0.15) is 0 Å². The quantitative estimate of drug-likeness (QED) is 0.534. The van der Waals surface area contributed by atoms with Gasteiger partial charge in [0, 0.05) is 38.3 Å². The van der Waals surface area contributed by atoms with E-state index in [0.717, 1.165) is 0 Å². The van der Waals surface area contributed by atoms with Gasteiger partial charge in [0.25, 0.3) is 0 Å². The van der Waals surface area contributed by atoms with Crippen molar-refractivity contribution in [2.75, 3.05) is 20.7 Å². The Kier molecular flexibility index (Phi) is 7.37. The maximum Gasteiger partial charge on any atom is 0.207 e. The predicted octanol–water partition coefficient (Wildman–Crippen LogP) is 1.34. The molecule has 1 N–H and O–H groups in total. The molecule has 0 spiro atoms. The van der Waals surface area contributed by atoms with Crippen molar-refractivity contribution in [3.05, 3.63) is 11.8 Å². The van der Waals surface area contributed by atoms with Gasteiger partial charge in [-0.1, -0.05) is 0 Å². The molecule has 5 heteroatoms. The number of ketones is 1. The highest BCUT2D eigenvalue weighted by molar-refractivity contribution is 5.96. The highest BCUT2D eigenvalue weighted by Gasteiger charge is 2.17. The van der Waals surface area contributed by atoms with Crippen LogP contribution in [0.1, 0.15) is 34.1 Å². The minimum absolute atomic E-state index is 0.0141. The first kappa shape index (κ1) is 17.6. The Labute approximate surface area is 116 Å². The number of hydrogen-bond acceptors (Lipinski definition) is 4. The van der Waals surface area contributed by atoms with Crippen LogP contribution in [0.4, 0.5) is 0 Å². The molecule has 0 saturated carbocycles. The average molecular weight is 270 g/mol. The van der Waals surface area contributed by atoms with E-state index in [9.17, 15) is 9.59 Å². The Hall–Kier alpha value is -1.36. The maximum absolute atomic E-state index is 12.1. The van der Waals surface area contributed by atoms with E-state index in [2.05, 4.69) is 5.32 Å². The van der Waals surface area contributed by atoms with Gasteiger partial charge >= 0.3 is 0 Å². The van der Waals surface area contributed by atoms with Crippen molar-refractivity contribution in [2.45, 2.75) is 45.8 Å². The Morgan fingerprint density at radius 3 is 2.37 bits per heavy atom. The third kappa shape index (κ3) is 9.25. The van der Waals surface area contributed by atoms with E-state index < -0.39 is 0 Å². The zero-order chi connectivity index (χ0) is 15.1. The second-order valence-corrected chi connectivity index (χ2v) is 5.83. The summed E-state index contributed by atoms with van der Waals surface area (Å²) in [5, 5.41) is 2.57. The number of hydrogen-bond donors (Lipinski definition) is 1. The molecule has 0 aliphatic heterocycles. The summed E-state index contributed by atoms with van der Waals surface area (Å²) in [6, 6.07) is -0.176. The molecular weight excluding hydrogens is 244 g/mol. The van der Waals surface area contributed by atoms with E-state index in [4.69, 9.17) is 4.74 Å². The molecule has 0 aliphatic rings. The van der Waals surface area contributed by atoms with Crippen LogP contribution in [-0.4, -0.2) is 49.4 Å². The zero-order valence-corrected chi connectivity index (χ0v) is 12.8. The molecule has 1 unspecified atom stereocenters. The van der Waals surface area contributed by atoms with Gasteiger partial charge in [-0.15, -0.1) is 0 Å². The number of ether oxygens (including phenoxy) is 1. The third-order valence-corrected chi connectivity index (χ3v) is 2.28. The first-order valence-electron chi connectivity index (χ1n) is 6.39. The molecule has 19 heavy (non-hydrogen) atoms. The fourth-order valence-corrected chi connectivity index (χ4v) is 1.38. The van der Waals surface area contributed by atoms with Gasteiger partial charge < -0.3 is 15.0 Å². The molecular formula is C14H26N2O3. The van der Waals surface area contributed by atoms with Gasteiger partial charge in [0.05, 0.1) is 12.2 Å². The molecule has 0 aromatic carbocycles. The summed E-state index contributed by atoms with van der Waals surface area (Å²) in [5.41, 5.74) is 0.317. The standard InChI is InChI=1S/C14H26N2O3/c1-11(15-10-17)7-13(18)12(8-16(5)6)9-19-14(2,3)4/h8,10-11H,7,9H2,1-6H3,(H,15,17)/b12-8-. The van der Waals surface area contributed by atoms with Crippen molar-refractivity contribution in [3.63, 3.8) is 0 Å². The Bertz CT molecular complexity index is 330. The monoisotopic (exact) mass is 270 g/mol. The Balaban J connectivity index is 4.67. The second-order valence-electron chi connectivity index (χ2n) is 5.83. The number of nitrogens with one attached hydrogen (secondary N) is 1. The first-order chi connectivity index (χ1) is 8.65. The van der Waals surface area contributed by atoms with Crippen molar-refractivity contribution in [2.24, 2.45) is 0 Å². The Morgan fingerprint density at radius 1 is 1.37 bits per heavy atom. The lowest BCUT2D eigenvalue weighted by Crippen LogP contribution is -2.29. The number of carbonyl (C=O) groups is 2. The Morgan fingerprint density at radius 2 is 1.95 bits per heavy atom. The van der Waals surface area contributed by atoms with E-state index in [0.29, 0.717) is 12.0 Å².